The van der Waals surface area contributed by atoms with Crippen molar-refractivity contribution in [2.45, 2.75) is 64.1 Å². The molecule has 0 spiro atoms. The summed E-state index contributed by atoms with van der Waals surface area (Å²) in [7, 11) is 0. The van der Waals surface area contributed by atoms with E-state index in [1.807, 2.05) is 41.0 Å². The predicted molar refractivity (Wildman–Crippen MR) is 147 cm³/mol. The largest absolute Gasteiger partial charge is 0.381 e. The van der Waals surface area contributed by atoms with Gasteiger partial charge < -0.3 is 20.3 Å². The van der Waals surface area contributed by atoms with E-state index in [0.717, 1.165) is 60.0 Å². The van der Waals surface area contributed by atoms with Gasteiger partial charge in [0.1, 0.15) is 11.6 Å². The number of hydrogen-bond donors (Lipinski definition) is 2. The third-order valence-electron chi connectivity index (χ3n) is 7.39. The Morgan fingerprint density at radius 3 is 2.68 bits per heavy atom. The SMILES string of the molecule is C=CC(=O)N1CCC1C(=O)Cc1cccc(CNc2cc(NC3CCOCC3)nc3c(C(C)C)cnn23)c1. The first-order valence-electron chi connectivity index (χ1n) is 13.4. The number of nitrogens with one attached hydrogen (secondary N) is 2. The molecule has 2 N–H and O–H groups in total. The molecule has 1 amide bonds. The van der Waals surface area contributed by atoms with Gasteiger partial charge in [-0.3, -0.25) is 9.59 Å². The second kappa shape index (κ2) is 11.3. The summed E-state index contributed by atoms with van der Waals surface area (Å²) in [6, 6.07) is 10.0. The average Bonchev–Trinajstić information content (AvgIpc) is 3.32. The van der Waals surface area contributed by atoms with Crippen molar-refractivity contribution in [3.63, 3.8) is 0 Å². The summed E-state index contributed by atoms with van der Waals surface area (Å²) in [5.74, 6) is 1.86. The highest BCUT2D eigenvalue weighted by Gasteiger charge is 2.35. The minimum absolute atomic E-state index is 0.0639. The molecule has 9 nitrogen and oxygen atoms in total. The monoisotopic (exact) mass is 516 g/mol. The van der Waals surface area contributed by atoms with Crippen molar-refractivity contribution in [3.8, 4) is 0 Å². The van der Waals surface area contributed by atoms with Gasteiger partial charge in [0.05, 0.1) is 12.2 Å². The van der Waals surface area contributed by atoms with Crippen molar-refractivity contribution < 1.29 is 14.3 Å². The second-order valence-corrected chi connectivity index (χ2v) is 10.4. The van der Waals surface area contributed by atoms with Crippen LogP contribution in [0, 0.1) is 0 Å². The molecule has 2 aliphatic rings. The molecular formula is C29H36N6O3. The number of fused-ring (bicyclic) bond motifs is 1. The van der Waals surface area contributed by atoms with E-state index in [2.05, 4.69) is 36.2 Å². The minimum atomic E-state index is -0.344. The lowest BCUT2D eigenvalue weighted by Gasteiger charge is -2.39. The van der Waals surface area contributed by atoms with Crippen LogP contribution in [0.3, 0.4) is 0 Å². The summed E-state index contributed by atoms with van der Waals surface area (Å²) >= 11 is 0. The molecule has 9 heteroatoms. The molecule has 38 heavy (non-hydrogen) atoms. The van der Waals surface area contributed by atoms with Crippen LogP contribution in [0.25, 0.3) is 5.65 Å². The summed E-state index contributed by atoms with van der Waals surface area (Å²) in [5.41, 5.74) is 3.94. The van der Waals surface area contributed by atoms with Crippen molar-refractivity contribution in [1.29, 1.82) is 0 Å². The number of nitrogens with zero attached hydrogens (tertiary/aromatic N) is 4. The predicted octanol–water partition coefficient (Wildman–Crippen LogP) is 3.95. The molecule has 0 saturated carbocycles. The number of hydrogen-bond acceptors (Lipinski definition) is 7. The molecule has 2 aliphatic heterocycles. The van der Waals surface area contributed by atoms with E-state index in [1.54, 1.807) is 4.90 Å². The van der Waals surface area contributed by atoms with Crippen molar-refractivity contribution in [2.24, 2.45) is 0 Å². The van der Waals surface area contributed by atoms with E-state index < -0.39 is 0 Å². The zero-order valence-corrected chi connectivity index (χ0v) is 22.2. The molecule has 1 unspecified atom stereocenters. The molecule has 1 aromatic carbocycles. The highest BCUT2D eigenvalue weighted by molar-refractivity contribution is 5.95. The lowest BCUT2D eigenvalue weighted by atomic mass is 9.93. The van der Waals surface area contributed by atoms with E-state index in [1.165, 1.54) is 6.08 Å². The zero-order chi connectivity index (χ0) is 26.6. The third kappa shape index (κ3) is 5.57. The van der Waals surface area contributed by atoms with Crippen LogP contribution in [-0.4, -0.2) is 63.0 Å². The van der Waals surface area contributed by atoms with Crippen molar-refractivity contribution >= 4 is 29.0 Å². The third-order valence-corrected chi connectivity index (χ3v) is 7.39. The van der Waals surface area contributed by atoms with Gasteiger partial charge in [-0.1, -0.05) is 44.7 Å². The Morgan fingerprint density at radius 1 is 1.18 bits per heavy atom. The average molecular weight is 517 g/mol. The number of ether oxygens (including phenoxy) is 1. The van der Waals surface area contributed by atoms with E-state index in [4.69, 9.17) is 9.72 Å². The molecule has 0 bridgehead atoms. The van der Waals surface area contributed by atoms with Gasteiger partial charge in [-0.05, 0) is 42.4 Å². The Balaban J connectivity index is 1.31. The summed E-state index contributed by atoms with van der Waals surface area (Å²) in [5, 5.41) is 11.7. The van der Waals surface area contributed by atoms with Crippen LogP contribution in [-0.2, 0) is 27.3 Å². The summed E-state index contributed by atoms with van der Waals surface area (Å²) in [6.07, 6.45) is 6.09. The zero-order valence-electron chi connectivity index (χ0n) is 22.2. The maximum absolute atomic E-state index is 12.8. The number of anilines is 2. The molecule has 3 aromatic rings. The van der Waals surface area contributed by atoms with Crippen molar-refractivity contribution in [3.05, 3.63) is 65.9 Å². The number of amides is 1. The van der Waals surface area contributed by atoms with E-state index >= 15 is 0 Å². The Morgan fingerprint density at radius 2 is 1.97 bits per heavy atom. The van der Waals surface area contributed by atoms with Crippen LogP contribution >= 0.6 is 0 Å². The lowest BCUT2D eigenvalue weighted by molar-refractivity contribution is -0.142. The van der Waals surface area contributed by atoms with E-state index in [9.17, 15) is 9.59 Å². The number of ketones is 1. The van der Waals surface area contributed by atoms with Gasteiger partial charge in [-0.25, -0.2) is 4.98 Å². The summed E-state index contributed by atoms with van der Waals surface area (Å²) < 4.78 is 7.37. The van der Waals surface area contributed by atoms with Crippen LogP contribution in [0.5, 0.6) is 0 Å². The summed E-state index contributed by atoms with van der Waals surface area (Å²) in [4.78, 5) is 31.3. The molecular weight excluding hydrogens is 480 g/mol. The first kappa shape index (κ1) is 25.9. The second-order valence-electron chi connectivity index (χ2n) is 10.4. The first-order valence-corrected chi connectivity index (χ1v) is 13.4. The Bertz CT molecular complexity index is 1330. The van der Waals surface area contributed by atoms with Crippen LogP contribution in [0.2, 0.25) is 0 Å². The molecule has 0 aliphatic carbocycles. The molecule has 5 rings (SSSR count). The number of benzene rings is 1. The molecule has 2 aromatic heterocycles. The lowest BCUT2D eigenvalue weighted by Crippen LogP contribution is -2.55. The fourth-order valence-corrected chi connectivity index (χ4v) is 5.10. The van der Waals surface area contributed by atoms with Gasteiger partial charge in [0.25, 0.3) is 0 Å². The van der Waals surface area contributed by atoms with Crippen molar-refractivity contribution in [1.82, 2.24) is 19.5 Å². The van der Waals surface area contributed by atoms with Crippen LogP contribution in [0.15, 0.2) is 49.2 Å². The fourth-order valence-electron chi connectivity index (χ4n) is 5.10. The smallest absolute Gasteiger partial charge is 0.246 e. The molecule has 1 atom stereocenters. The van der Waals surface area contributed by atoms with Crippen LogP contribution in [0.1, 0.15) is 55.7 Å². The van der Waals surface area contributed by atoms with Crippen LogP contribution in [0.4, 0.5) is 11.6 Å². The van der Waals surface area contributed by atoms with Gasteiger partial charge in [0, 0.05) is 50.4 Å². The molecule has 4 heterocycles. The van der Waals surface area contributed by atoms with Gasteiger partial charge in [0.2, 0.25) is 5.91 Å². The topological polar surface area (TPSA) is 101 Å². The Labute approximate surface area is 223 Å². The van der Waals surface area contributed by atoms with Gasteiger partial charge in [0.15, 0.2) is 11.4 Å². The van der Waals surface area contributed by atoms with Crippen molar-refractivity contribution in [2.75, 3.05) is 30.4 Å². The quantitative estimate of drug-likeness (QED) is 0.394. The fraction of sp³-hybridized carbons (Fsp3) is 0.448. The molecule has 200 valence electrons. The van der Waals surface area contributed by atoms with Crippen LogP contribution < -0.4 is 10.6 Å². The van der Waals surface area contributed by atoms with Gasteiger partial charge in [-0.15, -0.1) is 0 Å². The standard InChI is InChI=1S/C29H36N6O3/c1-4-28(37)34-11-8-24(34)25(36)15-20-6-5-7-21(14-20)17-30-27-16-26(32-22-9-12-38-13-10-22)33-29-23(19(2)3)18-31-35(27)29/h4-7,14,16,18-19,22,24,30H,1,8-13,15,17H2,2-3H3,(H,32,33). The molecule has 2 saturated heterocycles. The van der Waals surface area contributed by atoms with Gasteiger partial charge in [-0.2, -0.15) is 9.61 Å². The highest BCUT2D eigenvalue weighted by Crippen LogP contribution is 2.26. The number of Topliss-reactive ketones (excluding diaryl/α,β-unsaturated/α-hetero) is 1. The van der Waals surface area contributed by atoms with E-state index in [-0.39, 0.29) is 17.7 Å². The van der Waals surface area contributed by atoms with Gasteiger partial charge >= 0.3 is 0 Å². The maximum Gasteiger partial charge on any atom is 0.246 e. The normalized spacial score (nSPS) is 17.9. The Kier molecular flexibility index (Phi) is 7.74. The first-order chi connectivity index (χ1) is 18.4. The summed E-state index contributed by atoms with van der Waals surface area (Å²) in [6.45, 7) is 10.5. The number of carbonyl (C=O) groups is 2. The number of likely N-dealkylation sites (tertiary alicyclic amines) is 1. The Hall–Kier alpha value is -3.72. The number of rotatable bonds is 10. The molecule has 0 radical (unpaired) electrons. The highest BCUT2D eigenvalue weighted by atomic mass is 16.5. The maximum atomic E-state index is 12.8. The number of aromatic nitrogens is 3. The number of carbonyl (C=O) groups excluding carboxylic acids is 2. The van der Waals surface area contributed by atoms with E-state index in [0.29, 0.717) is 37.9 Å². The molecule has 2 fully saturated rings. The minimum Gasteiger partial charge on any atom is -0.381 e.